The van der Waals surface area contributed by atoms with Gasteiger partial charge in [0.1, 0.15) is 5.82 Å². The van der Waals surface area contributed by atoms with Crippen molar-refractivity contribution in [1.29, 1.82) is 0 Å². The van der Waals surface area contributed by atoms with Crippen LogP contribution in [0.25, 0.3) is 0 Å². The van der Waals surface area contributed by atoms with Crippen LogP contribution in [0.1, 0.15) is 19.7 Å². The number of aryl methyl sites for hydroxylation is 1. The van der Waals surface area contributed by atoms with Crippen LogP contribution >= 0.6 is 0 Å². The molecule has 0 aromatic carbocycles. The monoisotopic (exact) mass is 213 g/mol. The largest absolute Gasteiger partial charge is 0.244 e. The lowest BCUT2D eigenvalue weighted by atomic mass is 10.6. The highest BCUT2D eigenvalue weighted by molar-refractivity contribution is 7.94. The Bertz CT molecular complexity index is 416. The van der Waals surface area contributed by atoms with Crippen molar-refractivity contribution in [1.82, 2.24) is 9.97 Å². The Hall–Kier alpha value is -0.970. The molecule has 1 heterocycles. The summed E-state index contributed by atoms with van der Waals surface area (Å²) in [7, 11) is -0.767. The summed E-state index contributed by atoms with van der Waals surface area (Å²) in [5, 5.41) is -0.0289. The van der Waals surface area contributed by atoms with Crippen molar-refractivity contribution in [2.45, 2.75) is 30.9 Å². The second-order valence-corrected chi connectivity index (χ2v) is 6.18. The minimum absolute atomic E-state index is 0.0289. The third kappa shape index (κ3) is 1.92. The number of nitrogens with zero attached hydrogens (tertiary/aromatic N) is 3. The van der Waals surface area contributed by atoms with Crippen molar-refractivity contribution >= 4 is 9.73 Å². The molecule has 0 amide bonds. The summed E-state index contributed by atoms with van der Waals surface area (Å²) < 4.78 is 16.3. The normalized spacial score (nSPS) is 15.2. The van der Waals surface area contributed by atoms with Crippen LogP contribution in [0.3, 0.4) is 0 Å². The second-order valence-electron chi connectivity index (χ2n) is 3.27. The van der Waals surface area contributed by atoms with Crippen LogP contribution < -0.4 is 0 Å². The SMILES string of the molecule is CN=S(=O)(c1cnc(C)nc1)C(C)C. The quantitative estimate of drug-likeness (QED) is 0.750. The van der Waals surface area contributed by atoms with Crippen molar-refractivity contribution < 1.29 is 4.21 Å². The molecule has 0 saturated heterocycles. The van der Waals surface area contributed by atoms with Gasteiger partial charge in [-0.15, -0.1) is 0 Å². The highest BCUT2D eigenvalue weighted by atomic mass is 32.2. The number of rotatable bonds is 2. The fraction of sp³-hybridized carbons (Fsp3) is 0.556. The summed E-state index contributed by atoms with van der Waals surface area (Å²) in [6.07, 6.45) is 3.19. The average molecular weight is 213 g/mol. The predicted octanol–water partition coefficient (Wildman–Crippen LogP) is 1.65. The standard InChI is InChI=1S/C9H15N3OS/c1-7(2)14(13,10-4)9-5-11-8(3)12-6-9/h5-7H,1-4H3. The van der Waals surface area contributed by atoms with E-state index in [9.17, 15) is 4.21 Å². The first-order valence-electron chi connectivity index (χ1n) is 4.43. The second kappa shape index (κ2) is 4.04. The molecule has 0 aliphatic heterocycles. The number of hydrogen-bond donors (Lipinski definition) is 0. The van der Waals surface area contributed by atoms with Gasteiger partial charge >= 0.3 is 0 Å². The van der Waals surface area contributed by atoms with E-state index >= 15 is 0 Å². The molecule has 4 nitrogen and oxygen atoms in total. The highest BCUT2D eigenvalue weighted by Gasteiger charge is 2.16. The van der Waals surface area contributed by atoms with Crippen LogP contribution in [-0.2, 0) is 9.73 Å². The van der Waals surface area contributed by atoms with Crippen molar-refractivity contribution in [3.05, 3.63) is 18.2 Å². The van der Waals surface area contributed by atoms with E-state index in [0.29, 0.717) is 10.7 Å². The zero-order chi connectivity index (χ0) is 10.8. The summed E-state index contributed by atoms with van der Waals surface area (Å²) in [5.74, 6) is 0.676. The van der Waals surface area contributed by atoms with Crippen LogP contribution in [0.2, 0.25) is 0 Å². The van der Waals surface area contributed by atoms with Gasteiger partial charge in [-0.05, 0) is 20.8 Å². The van der Waals surface area contributed by atoms with E-state index in [2.05, 4.69) is 14.3 Å². The number of hydrogen-bond acceptors (Lipinski definition) is 4. The maximum Gasteiger partial charge on any atom is 0.125 e. The summed E-state index contributed by atoms with van der Waals surface area (Å²) in [5.41, 5.74) is 0. The molecule has 0 saturated carbocycles. The first-order valence-corrected chi connectivity index (χ1v) is 6.01. The van der Waals surface area contributed by atoms with E-state index in [1.54, 1.807) is 26.4 Å². The summed E-state index contributed by atoms with van der Waals surface area (Å²) in [4.78, 5) is 8.66. The Morgan fingerprint density at radius 2 is 1.86 bits per heavy atom. The third-order valence-corrected chi connectivity index (χ3v) is 4.71. The van der Waals surface area contributed by atoms with E-state index in [-0.39, 0.29) is 5.25 Å². The third-order valence-electron chi connectivity index (χ3n) is 2.01. The number of aromatic nitrogens is 2. The van der Waals surface area contributed by atoms with Crippen molar-refractivity contribution in [2.24, 2.45) is 4.36 Å². The van der Waals surface area contributed by atoms with E-state index in [0.717, 1.165) is 0 Å². The first kappa shape index (κ1) is 11.1. The molecule has 1 unspecified atom stereocenters. The van der Waals surface area contributed by atoms with Crippen LogP contribution in [0.5, 0.6) is 0 Å². The molecule has 0 bridgehead atoms. The molecule has 0 N–H and O–H groups in total. The van der Waals surface area contributed by atoms with Gasteiger partial charge in [0.05, 0.1) is 14.6 Å². The lowest BCUT2D eigenvalue weighted by molar-refractivity contribution is 0.667. The molecule has 1 atom stereocenters. The van der Waals surface area contributed by atoms with E-state index in [4.69, 9.17) is 0 Å². The Morgan fingerprint density at radius 3 is 2.21 bits per heavy atom. The van der Waals surface area contributed by atoms with Gasteiger partial charge in [0.15, 0.2) is 0 Å². The average Bonchev–Trinajstić information content (AvgIpc) is 2.17. The van der Waals surface area contributed by atoms with Gasteiger partial charge in [0.25, 0.3) is 0 Å². The molecular weight excluding hydrogens is 198 g/mol. The van der Waals surface area contributed by atoms with Gasteiger partial charge in [0.2, 0.25) is 0 Å². The maximum atomic E-state index is 12.3. The summed E-state index contributed by atoms with van der Waals surface area (Å²) in [6.45, 7) is 5.56. The van der Waals surface area contributed by atoms with E-state index < -0.39 is 9.73 Å². The Morgan fingerprint density at radius 1 is 1.36 bits per heavy atom. The van der Waals surface area contributed by atoms with Gasteiger partial charge in [-0.3, -0.25) is 0 Å². The maximum absolute atomic E-state index is 12.3. The predicted molar refractivity (Wildman–Crippen MR) is 56.7 cm³/mol. The minimum Gasteiger partial charge on any atom is -0.244 e. The smallest absolute Gasteiger partial charge is 0.125 e. The Kier molecular flexibility index (Phi) is 3.21. The fourth-order valence-electron chi connectivity index (χ4n) is 1.12. The van der Waals surface area contributed by atoms with Crippen LogP contribution in [0.4, 0.5) is 0 Å². The molecule has 0 radical (unpaired) electrons. The Labute approximate surface area is 85.0 Å². The zero-order valence-corrected chi connectivity index (χ0v) is 9.71. The summed E-state index contributed by atoms with van der Waals surface area (Å²) in [6, 6.07) is 0. The van der Waals surface area contributed by atoms with Crippen LogP contribution in [-0.4, -0.2) is 26.5 Å². The fourth-order valence-corrected chi connectivity index (χ4v) is 2.70. The van der Waals surface area contributed by atoms with Crippen LogP contribution in [0.15, 0.2) is 21.7 Å². The van der Waals surface area contributed by atoms with E-state index in [1.807, 2.05) is 13.8 Å². The van der Waals surface area contributed by atoms with Gasteiger partial charge in [-0.2, -0.15) is 0 Å². The first-order chi connectivity index (χ1) is 6.50. The van der Waals surface area contributed by atoms with Gasteiger partial charge < -0.3 is 0 Å². The molecule has 0 fully saturated rings. The molecule has 14 heavy (non-hydrogen) atoms. The molecule has 1 aromatic rings. The molecular formula is C9H15N3OS. The highest BCUT2D eigenvalue weighted by Crippen LogP contribution is 2.16. The van der Waals surface area contributed by atoms with Gasteiger partial charge in [0, 0.05) is 24.7 Å². The lowest BCUT2D eigenvalue weighted by Gasteiger charge is -2.12. The molecule has 5 heteroatoms. The molecule has 0 aliphatic carbocycles. The van der Waals surface area contributed by atoms with E-state index in [1.165, 1.54) is 0 Å². The van der Waals surface area contributed by atoms with Gasteiger partial charge in [-0.1, -0.05) is 0 Å². The lowest BCUT2D eigenvalue weighted by Crippen LogP contribution is -2.14. The molecule has 0 spiro atoms. The molecule has 78 valence electrons. The summed E-state index contributed by atoms with van der Waals surface area (Å²) >= 11 is 0. The minimum atomic E-state index is -2.34. The zero-order valence-electron chi connectivity index (χ0n) is 8.89. The molecule has 1 aromatic heterocycles. The molecule has 1 rings (SSSR count). The topological polar surface area (TPSA) is 55.2 Å². The van der Waals surface area contributed by atoms with Crippen molar-refractivity contribution in [2.75, 3.05) is 7.05 Å². The molecule has 0 aliphatic rings. The van der Waals surface area contributed by atoms with Crippen molar-refractivity contribution in [3.8, 4) is 0 Å². The van der Waals surface area contributed by atoms with Crippen molar-refractivity contribution in [3.63, 3.8) is 0 Å². The Balaban J connectivity index is 3.29. The van der Waals surface area contributed by atoms with Crippen LogP contribution in [0, 0.1) is 6.92 Å². The van der Waals surface area contributed by atoms with Gasteiger partial charge in [-0.25, -0.2) is 18.5 Å².